The van der Waals surface area contributed by atoms with Crippen molar-refractivity contribution in [2.24, 2.45) is 11.3 Å². The second-order valence-electron chi connectivity index (χ2n) is 13.6. The summed E-state index contributed by atoms with van der Waals surface area (Å²) in [6.45, 7) is 14.4. The van der Waals surface area contributed by atoms with Gasteiger partial charge >= 0.3 is 12.1 Å². The lowest BCUT2D eigenvalue weighted by molar-refractivity contribution is -0.126. The van der Waals surface area contributed by atoms with Gasteiger partial charge in [-0.3, -0.25) is 4.79 Å². The Kier molecular flexibility index (Phi) is 8.67. The van der Waals surface area contributed by atoms with E-state index in [9.17, 15) is 19.8 Å². The van der Waals surface area contributed by atoms with Crippen molar-refractivity contribution in [3.63, 3.8) is 0 Å². The zero-order valence-electron chi connectivity index (χ0n) is 27.0. The molecule has 2 fully saturated rings. The molecule has 2 atom stereocenters. The average molecular weight is 629 g/mol. The van der Waals surface area contributed by atoms with Crippen LogP contribution >= 0.6 is 0 Å². The summed E-state index contributed by atoms with van der Waals surface area (Å²) >= 11 is 0. The molecule has 2 saturated heterocycles. The molecule has 0 bridgehead atoms. The van der Waals surface area contributed by atoms with Crippen LogP contribution < -0.4 is 14.5 Å². The van der Waals surface area contributed by atoms with E-state index in [0.717, 1.165) is 52.9 Å². The molecule has 11 heteroatoms. The van der Waals surface area contributed by atoms with E-state index in [1.54, 1.807) is 15.9 Å². The number of benzene rings is 2. The van der Waals surface area contributed by atoms with Gasteiger partial charge in [0.25, 0.3) is 0 Å². The lowest BCUT2D eigenvalue weighted by atomic mass is 9.74. The van der Waals surface area contributed by atoms with Crippen LogP contribution in [0, 0.1) is 11.3 Å². The molecule has 2 amide bonds. The second-order valence-corrected chi connectivity index (χ2v) is 13.6. The van der Waals surface area contributed by atoms with Gasteiger partial charge in [0.05, 0.1) is 18.8 Å². The number of carbonyl (C=O) groups is 2. The van der Waals surface area contributed by atoms with Crippen molar-refractivity contribution in [3.8, 4) is 11.8 Å². The lowest BCUT2D eigenvalue weighted by Crippen LogP contribution is -2.55. The van der Waals surface area contributed by atoms with Crippen molar-refractivity contribution in [3.05, 3.63) is 60.3 Å². The van der Waals surface area contributed by atoms with Crippen LogP contribution in [0.4, 0.5) is 16.3 Å². The van der Waals surface area contributed by atoms with Crippen LogP contribution in [-0.4, -0.2) is 93.9 Å². The Balaban J connectivity index is 1.32. The first kappa shape index (κ1) is 31.4. The van der Waals surface area contributed by atoms with Crippen molar-refractivity contribution in [2.45, 2.75) is 52.6 Å². The Bertz CT molecular complexity index is 1630. The van der Waals surface area contributed by atoms with Gasteiger partial charge in [0.2, 0.25) is 5.91 Å². The van der Waals surface area contributed by atoms with E-state index in [1.165, 1.54) is 6.08 Å². The monoisotopic (exact) mass is 628 g/mol. The Labute approximate surface area is 270 Å². The van der Waals surface area contributed by atoms with Gasteiger partial charge in [0.1, 0.15) is 11.6 Å². The van der Waals surface area contributed by atoms with Crippen LogP contribution in [0.1, 0.15) is 44.9 Å². The van der Waals surface area contributed by atoms with Crippen molar-refractivity contribution >= 4 is 34.3 Å². The molecule has 3 aliphatic heterocycles. The summed E-state index contributed by atoms with van der Waals surface area (Å²) in [5, 5.41) is 22.5. The third-order valence-corrected chi connectivity index (χ3v) is 9.57. The molecule has 46 heavy (non-hydrogen) atoms. The molecule has 6 rings (SSSR count). The van der Waals surface area contributed by atoms with Gasteiger partial charge in [-0.25, -0.2) is 4.79 Å². The molecular weight excluding hydrogens is 584 g/mol. The zero-order valence-corrected chi connectivity index (χ0v) is 27.0. The number of anilines is 2. The zero-order chi connectivity index (χ0) is 32.6. The first-order valence-corrected chi connectivity index (χ1v) is 16.2. The number of piperazine rings is 1. The van der Waals surface area contributed by atoms with Crippen LogP contribution in [0.15, 0.2) is 49.1 Å². The molecule has 0 radical (unpaired) electrons. The first-order chi connectivity index (χ1) is 22.0. The van der Waals surface area contributed by atoms with Gasteiger partial charge in [-0.05, 0) is 42.2 Å². The Morgan fingerprint density at radius 3 is 2.52 bits per heavy atom. The van der Waals surface area contributed by atoms with Gasteiger partial charge in [0, 0.05) is 73.9 Å². The molecular formula is C35H44N6O5. The Morgan fingerprint density at radius 1 is 1.04 bits per heavy atom. The van der Waals surface area contributed by atoms with E-state index >= 15 is 0 Å². The largest absolute Gasteiger partial charge is 0.508 e. The lowest BCUT2D eigenvalue weighted by Gasteiger charge is -2.46. The smallest absolute Gasteiger partial charge is 0.407 e. The number of carbonyl (C=O) groups excluding carboxylic acids is 1. The first-order valence-electron chi connectivity index (χ1n) is 16.2. The molecule has 2 N–H and O–H groups in total. The number of rotatable bonds is 6. The van der Waals surface area contributed by atoms with Gasteiger partial charge < -0.3 is 34.5 Å². The molecule has 4 heterocycles. The van der Waals surface area contributed by atoms with Crippen LogP contribution in [0.25, 0.3) is 10.8 Å². The third kappa shape index (κ3) is 6.27. The summed E-state index contributed by atoms with van der Waals surface area (Å²) in [4.78, 5) is 42.2. The molecule has 3 aliphatic rings. The highest BCUT2D eigenvalue weighted by molar-refractivity contribution is 5.95. The van der Waals surface area contributed by atoms with Crippen LogP contribution in [0.5, 0.6) is 11.8 Å². The van der Waals surface area contributed by atoms with Crippen molar-refractivity contribution in [1.82, 2.24) is 19.8 Å². The number of aromatic nitrogens is 2. The second kappa shape index (κ2) is 12.7. The fourth-order valence-electron chi connectivity index (χ4n) is 7.55. The number of piperidine rings is 1. The van der Waals surface area contributed by atoms with E-state index in [4.69, 9.17) is 14.7 Å². The summed E-state index contributed by atoms with van der Waals surface area (Å²) < 4.78 is 6.40. The average Bonchev–Trinajstić information content (AvgIpc) is 3.05. The summed E-state index contributed by atoms with van der Waals surface area (Å²) in [5.74, 6) is 0.972. The normalized spacial score (nSPS) is 20.4. The fourth-order valence-corrected chi connectivity index (χ4v) is 7.55. The van der Waals surface area contributed by atoms with Crippen LogP contribution in [0.3, 0.4) is 0 Å². The topological polar surface area (TPSA) is 123 Å². The number of phenolic OH excluding ortho intramolecular Hbond substituents is 1. The third-order valence-electron chi connectivity index (χ3n) is 9.57. The van der Waals surface area contributed by atoms with E-state index in [2.05, 4.69) is 43.2 Å². The number of phenols is 1. The van der Waals surface area contributed by atoms with Crippen molar-refractivity contribution in [2.75, 3.05) is 55.7 Å². The number of nitrogens with zero attached hydrogens (tertiary/aromatic N) is 6. The number of amides is 2. The number of carboxylic acid groups (broad SMARTS) is 1. The molecule has 0 spiro atoms. The summed E-state index contributed by atoms with van der Waals surface area (Å²) in [5.41, 5.74) is 2.62. The fraction of sp³-hybridized carbons (Fsp3) is 0.486. The van der Waals surface area contributed by atoms with E-state index in [-0.39, 0.29) is 35.0 Å². The number of fused-ring (bicyclic) bond motifs is 2. The minimum absolute atomic E-state index is 0.00319. The summed E-state index contributed by atoms with van der Waals surface area (Å²) in [6, 6.07) is 11.7. The number of ether oxygens (including phenoxy) is 1. The molecule has 0 saturated carbocycles. The highest BCUT2D eigenvalue weighted by Gasteiger charge is 2.42. The molecule has 3 aromatic rings. The van der Waals surface area contributed by atoms with Crippen LogP contribution in [0.2, 0.25) is 0 Å². The van der Waals surface area contributed by atoms with Gasteiger partial charge in [0.15, 0.2) is 0 Å². The molecule has 0 aliphatic carbocycles. The predicted molar refractivity (Wildman–Crippen MR) is 178 cm³/mol. The maximum absolute atomic E-state index is 12.3. The van der Waals surface area contributed by atoms with Gasteiger partial charge in [-0.2, -0.15) is 9.97 Å². The molecule has 2 aromatic carbocycles. The number of hydrogen-bond donors (Lipinski definition) is 2. The summed E-state index contributed by atoms with van der Waals surface area (Å²) in [6.07, 6.45) is 2.81. The van der Waals surface area contributed by atoms with E-state index in [0.29, 0.717) is 52.3 Å². The van der Waals surface area contributed by atoms with Crippen molar-refractivity contribution < 1.29 is 24.5 Å². The predicted octanol–water partition coefficient (Wildman–Crippen LogP) is 4.92. The highest BCUT2D eigenvalue weighted by atomic mass is 16.5. The molecule has 1 aromatic heterocycles. The number of likely N-dealkylation sites (tertiary alicyclic amines) is 1. The molecule has 11 nitrogen and oxygen atoms in total. The SMILES string of the molecule is C=CC(=O)N1CCN(c2nc(OC[C@@H]3CCCN(C(=O)O)C3C(C)(C)C)nc3c2CCN(c2cc(O)cc4ccccc24)C3)CC1. The number of hydrogen-bond acceptors (Lipinski definition) is 8. The van der Waals surface area contributed by atoms with Crippen molar-refractivity contribution in [1.29, 1.82) is 0 Å². The summed E-state index contributed by atoms with van der Waals surface area (Å²) in [7, 11) is 0. The Morgan fingerprint density at radius 2 is 1.80 bits per heavy atom. The minimum atomic E-state index is -0.898. The maximum atomic E-state index is 12.3. The maximum Gasteiger partial charge on any atom is 0.407 e. The van der Waals surface area contributed by atoms with Crippen LogP contribution in [-0.2, 0) is 17.8 Å². The Hall–Kier alpha value is -4.54. The number of aromatic hydroxyl groups is 1. The van der Waals surface area contributed by atoms with E-state index < -0.39 is 6.09 Å². The molecule has 244 valence electrons. The van der Waals surface area contributed by atoms with Gasteiger partial charge in [-0.15, -0.1) is 0 Å². The van der Waals surface area contributed by atoms with Gasteiger partial charge in [-0.1, -0.05) is 51.6 Å². The quantitative estimate of drug-likeness (QED) is 0.367. The highest BCUT2D eigenvalue weighted by Crippen LogP contribution is 2.38. The standard InChI is InChI=1S/C35H44N6O5/c1-5-30(43)38-15-17-39(18-16-38)32-27-12-14-40(29-20-25(42)19-23-9-6-7-11-26(23)29)21-28(27)36-33(37-32)46-22-24-10-8-13-41(34(44)45)31(24)35(2,3)4/h5-7,9,11,19-20,24,31,42H,1,8,10,12-18,21-22H2,2-4H3,(H,44,45)/t24-,31?/m0/s1. The van der Waals surface area contributed by atoms with E-state index in [1.807, 2.05) is 24.3 Å². The molecule has 1 unspecified atom stereocenters. The minimum Gasteiger partial charge on any atom is -0.508 e.